The lowest BCUT2D eigenvalue weighted by atomic mass is 9.95. The molecule has 0 radical (unpaired) electrons. The molecular weight excluding hydrogens is 374 g/mol. The van der Waals surface area contributed by atoms with Gasteiger partial charge >= 0.3 is 11.9 Å². The Kier molecular flexibility index (Phi) is 4.87. The van der Waals surface area contributed by atoms with Gasteiger partial charge in [-0.25, -0.2) is 9.59 Å². The molecule has 2 N–H and O–H groups in total. The Balaban J connectivity index is 2.99. The zero-order valence-corrected chi connectivity index (χ0v) is 13.6. The van der Waals surface area contributed by atoms with Crippen molar-refractivity contribution in [1.82, 2.24) is 0 Å². The highest BCUT2D eigenvalue weighted by Gasteiger charge is 2.27. The van der Waals surface area contributed by atoms with Gasteiger partial charge in [0.15, 0.2) is 0 Å². The Bertz CT molecular complexity index is 802. The quantitative estimate of drug-likeness (QED) is 0.555. The van der Waals surface area contributed by atoms with Gasteiger partial charge in [-0.3, -0.25) is 0 Å². The summed E-state index contributed by atoms with van der Waals surface area (Å²) in [4.78, 5) is 22.9. The third-order valence-electron chi connectivity index (χ3n) is 2.91. The molecule has 0 heterocycles. The molecule has 0 aliphatic carbocycles. The molecule has 2 rings (SSSR count). The minimum Gasteiger partial charge on any atom is -0.478 e. The van der Waals surface area contributed by atoms with E-state index in [0.29, 0.717) is 0 Å². The lowest BCUT2D eigenvalue weighted by Crippen LogP contribution is -2.06. The second-order valence-corrected chi connectivity index (χ2v) is 5.67. The summed E-state index contributed by atoms with van der Waals surface area (Å²) in [6.45, 7) is 0. The fraction of sp³-hybridized carbons (Fsp3) is 0. The fourth-order valence-corrected chi connectivity index (χ4v) is 3.01. The Labute approximate surface area is 144 Å². The molecule has 22 heavy (non-hydrogen) atoms. The maximum Gasteiger partial charge on any atom is 0.337 e. The van der Waals surface area contributed by atoms with Crippen LogP contribution in [0.15, 0.2) is 24.3 Å². The van der Waals surface area contributed by atoms with Crippen molar-refractivity contribution in [3.63, 3.8) is 0 Å². The molecule has 2 aromatic rings. The van der Waals surface area contributed by atoms with Crippen LogP contribution in [0.3, 0.4) is 0 Å². The van der Waals surface area contributed by atoms with Crippen molar-refractivity contribution in [3.05, 3.63) is 55.5 Å². The standard InChI is InChI=1S/C14H6Cl4O4/c15-9-7(5-3-1-2-4-6(5)13(19)20)8(14(21)22)10(16)12(18)11(9)17/h1-4H,(H,19,20)(H,21,22). The summed E-state index contributed by atoms with van der Waals surface area (Å²) in [5, 5.41) is 17.8. The minimum absolute atomic E-state index is 0.0814. The SMILES string of the molecule is O=C(O)c1ccccc1-c1c(Cl)c(Cl)c(Cl)c(Cl)c1C(=O)O. The second-order valence-electron chi connectivity index (χ2n) is 4.16. The van der Waals surface area contributed by atoms with Crippen molar-refractivity contribution in [3.8, 4) is 11.1 Å². The van der Waals surface area contributed by atoms with E-state index in [1.165, 1.54) is 18.2 Å². The smallest absolute Gasteiger partial charge is 0.337 e. The first-order chi connectivity index (χ1) is 10.3. The number of aromatic carboxylic acids is 2. The third kappa shape index (κ3) is 2.75. The highest BCUT2D eigenvalue weighted by atomic mass is 35.5. The zero-order valence-electron chi connectivity index (χ0n) is 10.5. The van der Waals surface area contributed by atoms with E-state index >= 15 is 0 Å². The van der Waals surface area contributed by atoms with E-state index < -0.39 is 17.5 Å². The maximum absolute atomic E-state index is 11.5. The third-order valence-corrected chi connectivity index (χ3v) is 4.71. The summed E-state index contributed by atoms with van der Waals surface area (Å²) < 4.78 is 0. The Morgan fingerprint density at radius 3 is 1.86 bits per heavy atom. The van der Waals surface area contributed by atoms with Crippen LogP contribution in [0.5, 0.6) is 0 Å². The molecule has 0 unspecified atom stereocenters. The molecule has 0 saturated heterocycles. The summed E-state index contributed by atoms with van der Waals surface area (Å²) in [7, 11) is 0. The van der Waals surface area contributed by atoms with E-state index in [1.807, 2.05) is 0 Å². The number of hydrogen-bond donors (Lipinski definition) is 2. The predicted octanol–water partition coefficient (Wildman–Crippen LogP) is 5.36. The van der Waals surface area contributed by atoms with E-state index in [0.717, 1.165) is 0 Å². The van der Waals surface area contributed by atoms with Gasteiger partial charge in [0.1, 0.15) is 0 Å². The maximum atomic E-state index is 11.5. The van der Waals surface area contributed by atoms with Crippen molar-refractivity contribution >= 4 is 58.3 Å². The van der Waals surface area contributed by atoms with Gasteiger partial charge in [0.2, 0.25) is 0 Å². The number of carboxylic acid groups (broad SMARTS) is 2. The molecule has 0 atom stereocenters. The van der Waals surface area contributed by atoms with Crippen LogP contribution in [0.4, 0.5) is 0 Å². The van der Waals surface area contributed by atoms with Gasteiger partial charge in [-0.05, 0) is 11.6 Å². The van der Waals surface area contributed by atoms with E-state index in [4.69, 9.17) is 46.4 Å². The van der Waals surface area contributed by atoms with Gasteiger partial charge in [0, 0.05) is 5.56 Å². The lowest BCUT2D eigenvalue weighted by molar-refractivity contribution is 0.0684. The Hall–Kier alpha value is -1.46. The molecule has 114 valence electrons. The van der Waals surface area contributed by atoms with Gasteiger partial charge in [-0.1, -0.05) is 64.6 Å². The van der Waals surface area contributed by atoms with E-state index in [1.54, 1.807) is 6.07 Å². The predicted molar refractivity (Wildman–Crippen MR) is 85.8 cm³/mol. The largest absolute Gasteiger partial charge is 0.478 e. The molecule has 0 spiro atoms. The number of rotatable bonds is 3. The topological polar surface area (TPSA) is 74.6 Å². The monoisotopic (exact) mass is 378 g/mol. The molecule has 0 aliphatic rings. The van der Waals surface area contributed by atoms with E-state index in [9.17, 15) is 19.8 Å². The molecule has 4 nitrogen and oxygen atoms in total. The van der Waals surface area contributed by atoms with Gasteiger partial charge in [0.25, 0.3) is 0 Å². The Morgan fingerprint density at radius 1 is 0.773 bits per heavy atom. The van der Waals surface area contributed by atoms with Gasteiger partial charge in [-0.2, -0.15) is 0 Å². The van der Waals surface area contributed by atoms with Crippen molar-refractivity contribution in [2.45, 2.75) is 0 Å². The molecule has 0 saturated carbocycles. The summed E-state index contributed by atoms with van der Waals surface area (Å²) in [5.74, 6) is -2.65. The average Bonchev–Trinajstić information content (AvgIpc) is 2.48. The summed E-state index contributed by atoms with van der Waals surface area (Å²) >= 11 is 23.9. The number of carboxylic acids is 2. The summed E-state index contributed by atoms with van der Waals surface area (Å²) in [6, 6.07) is 5.77. The molecule has 2 aromatic carbocycles. The molecule has 0 bridgehead atoms. The number of benzene rings is 2. The van der Waals surface area contributed by atoms with Crippen molar-refractivity contribution in [1.29, 1.82) is 0 Å². The van der Waals surface area contributed by atoms with Crippen LogP contribution in [0.25, 0.3) is 11.1 Å². The lowest BCUT2D eigenvalue weighted by Gasteiger charge is -2.15. The highest BCUT2D eigenvalue weighted by Crippen LogP contribution is 2.46. The molecule has 0 aliphatic heterocycles. The van der Waals surface area contributed by atoms with Gasteiger partial charge in [-0.15, -0.1) is 0 Å². The van der Waals surface area contributed by atoms with Crippen molar-refractivity contribution < 1.29 is 19.8 Å². The van der Waals surface area contributed by atoms with Gasteiger partial charge < -0.3 is 10.2 Å². The minimum atomic E-state index is -1.40. The highest BCUT2D eigenvalue weighted by molar-refractivity contribution is 6.54. The van der Waals surface area contributed by atoms with Crippen molar-refractivity contribution in [2.24, 2.45) is 0 Å². The van der Waals surface area contributed by atoms with Crippen LogP contribution < -0.4 is 0 Å². The molecule has 0 fully saturated rings. The average molecular weight is 380 g/mol. The first-order valence-electron chi connectivity index (χ1n) is 5.69. The number of hydrogen-bond acceptors (Lipinski definition) is 2. The zero-order chi connectivity index (χ0) is 16.6. The molecular formula is C14H6Cl4O4. The fourth-order valence-electron chi connectivity index (χ4n) is 1.97. The van der Waals surface area contributed by atoms with Crippen molar-refractivity contribution in [2.75, 3.05) is 0 Å². The van der Waals surface area contributed by atoms with Crippen LogP contribution in [0.1, 0.15) is 20.7 Å². The number of halogens is 4. The summed E-state index contributed by atoms with van der Waals surface area (Å²) in [5.41, 5.74) is -0.555. The second kappa shape index (κ2) is 6.34. The normalized spacial score (nSPS) is 10.5. The van der Waals surface area contributed by atoms with Crippen LogP contribution in [-0.2, 0) is 0 Å². The molecule has 8 heteroatoms. The molecule has 0 amide bonds. The van der Waals surface area contributed by atoms with Gasteiger partial charge in [0.05, 0.1) is 31.2 Å². The Morgan fingerprint density at radius 2 is 1.32 bits per heavy atom. The van der Waals surface area contributed by atoms with E-state index in [2.05, 4.69) is 0 Å². The first kappa shape index (κ1) is 16.9. The number of carbonyl (C=O) groups is 2. The first-order valence-corrected chi connectivity index (χ1v) is 7.20. The molecule has 0 aromatic heterocycles. The van der Waals surface area contributed by atoms with Crippen LogP contribution >= 0.6 is 46.4 Å². The van der Waals surface area contributed by atoms with Crippen LogP contribution in [0, 0.1) is 0 Å². The van der Waals surface area contributed by atoms with E-state index in [-0.39, 0.29) is 36.8 Å². The van der Waals surface area contributed by atoms with Crippen LogP contribution in [0.2, 0.25) is 20.1 Å². The summed E-state index contributed by atoms with van der Waals surface area (Å²) in [6.07, 6.45) is 0. The van der Waals surface area contributed by atoms with Crippen LogP contribution in [-0.4, -0.2) is 22.2 Å².